The third kappa shape index (κ3) is 3.74. The van der Waals surface area contributed by atoms with Crippen molar-refractivity contribution < 1.29 is 9.90 Å². The second-order valence-electron chi connectivity index (χ2n) is 7.70. The minimum absolute atomic E-state index is 0.383. The number of benzene rings is 2. The Kier molecular flexibility index (Phi) is 5.56. The Morgan fingerprint density at radius 3 is 2.68 bits per heavy atom. The topological polar surface area (TPSA) is 54.3 Å². The molecule has 1 fully saturated rings. The van der Waals surface area contributed by atoms with Gasteiger partial charge in [0.05, 0.1) is 5.52 Å². The Hall–Kier alpha value is -2.11. The monoisotopic (exact) mass is 440 g/mol. The molecule has 28 heavy (non-hydrogen) atoms. The highest BCUT2D eigenvalue weighted by molar-refractivity contribution is 9.10. The van der Waals surface area contributed by atoms with Gasteiger partial charge in [0, 0.05) is 34.6 Å². The van der Waals surface area contributed by atoms with Gasteiger partial charge in [-0.05, 0) is 37.5 Å². The SMILES string of the molecule is Cc1cccc(Cn2c(C(=O)O)c(CNC3CCCC3)c3c(Br)cccc32)c1. The van der Waals surface area contributed by atoms with E-state index in [9.17, 15) is 9.90 Å². The van der Waals surface area contributed by atoms with E-state index in [1.807, 2.05) is 28.8 Å². The predicted octanol–water partition coefficient (Wildman–Crippen LogP) is 5.49. The lowest BCUT2D eigenvalue weighted by molar-refractivity contribution is 0.0684. The molecule has 1 aromatic heterocycles. The van der Waals surface area contributed by atoms with Crippen LogP contribution < -0.4 is 5.32 Å². The molecule has 1 aliphatic carbocycles. The molecule has 146 valence electrons. The summed E-state index contributed by atoms with van der Waals surface area (Å²) >= 11 is 3.66. The van der Waals surface area contributed by atoms with Gasteiger partial charge in [0.1, 0.15) is 5.69 Å². The number of rotatable bonds is 6. The van der Waals surface area contributed by atoms with Crippen molar-refractivity contribution >= 4 is 32.8 Å². The third-order valence-corrected chi connectivity index (χ3v) is 6.35. The van der Waals surface area contributed by atoms with Crippen molar-refractivity contribution in [2.45, 2.75) is 51.7 Å². The van der Waals surface area contributed by atoms with Crippen molar-refractivity contribution in [2.24, 2.45) is 0 Å². The fourth-order valence-electron chi connectivity index (χ4n) is 4.39. The van der Waals surface area contributed by atoms with Gasteiger partial charge in [-0.2, -0.15) is 0 Å². The highest BCUT2D eigenvalue weighted by atomic mass is 79.9. The first-order valence-electron chi connectivity index (χ1n) is 9.86. The molecule has 0 spiro atoms. The van der Waals surface area contributed by atoms with Gasteiger partial charge in [0.25, 0.3) is 0 Å². The second kappa shape index (κ2) is 8.10. The number of halogens is 1. The summed E-state index contributed by atoms with van der Waals surface area (Å²) in [5.74, 6) is -0.876. The third-order valence-electron chi connectivity index (χ3n) is 5.69. The lowest BCUT2D eigenvalue weighted by Crippen LogP contribution is -2.26. The normalized spacial score (nSPS) is 14.8. The zero-order valence-electron chi connectivity index (χ0n) is 16.0. The molecule has 4 nitrogen and oxygen atoms in total. The van der Waals surface area contributed by atoms with Gasteiger partial charge in [-0.3, -0.25) is 0 Å². The quantitative estimate of drug-likeness (QED) is 0.532. The van der Waals surface area contributed by atoms with E-state index in [0.717, 1.165) is 26.5 Å². The first kappa shape index (κ1) is 19.2. The van der Waals surface area contributed by atoms with E-state index < -0.39 is 5.97 Å². The summed E-state index contributed by atoms with van der Waals surface area (Å²) in [6.45, 7) is 3.18. The van der Waals surface area contributed by atoms with Crippen LogP contribution in [-0.2, 0) is 13.1 Å². The maximum atomic E-state index is 12.3. The second-order valence-corrected chi connectivity index (χ2v) is 8.56. The molecule has 1 saturated carbocycles. The number of aromatic carboxylic acids is 1. The molecule has 1 heterocycles. The molecule has 2 aromatic carbocycles. The van der Waals surface area contributed by atoms with Crippen molar-refractivity contribution in [3.63, 3.8) is 0 Å². The summed E-state index contributed by atoms with van der Waals surface area (Å²) in [6.07, 6.45) is 4.85. The van der Waals surface area contributed by atoms with Crippen LogP contribution in [0, 0.1) is 6.92 Å². The fourth-order valence-corrected chi connectivity index (χ4v) is 4.98. The molecule has 0 atom stereocenters. The zero-order valence-corrected chi connectivity index (χ0v) is 17.6. The van der Waals surface area contributed by atoms with Crippen LogP contribution in [0.5, 0.6) is 0 Å². The molecule has 0 saturated heterocycles. The Balaban J connectivity index is 1.82. The minimum Gasteiger partial charge on any atom is -0.477 e. The number of carboxylic acid groups (broad SMARTS) is 1. The van der Waals surface area contributed by atoms with E-state index >= 15 is 0 Å². The van der Waals surface area contributed by atoms with Gasteiger partial charge in [-0.15, -0.1) is 0 Å². The molecule has 0 unspecified atom stereocenters. The van der Waals surface area contributed by atoms with Crippen molar-refractivity contribution in [1.29, 1.82) is 0 Å². The molecule has 3 aromatic rings. The Labute approximate surface area is 173 Å². The van der Waals surface area contributed by atoms with E-state index in [-0.39, 0.29) is 0 Å². The molecule has 0 bridgehead atoms. The Morgan fingerprint density at radius 2 is 1.96 bits per heavy atom. The molecular formula is C23H25BrN2O2. The molecule has 2 N–H and O–H groups in total. The summed E-state index contributed by atoms with van der Waals surface area (Å²) in [4.78, 5) is 12.3. The van der Waals surface area contributed by atoms with Gasteiger partial charge in [-0.1, -0.05) is 64.7 Å². The maximum Gasteiger partial charge on any atom is 0.352 e. The molecule has 0 aliphatic heterocycles. The highest BCUT2D eigenvalue weighted by Crippen LogP contribution is 2.33. The first-order valence-corrected chi connectivity index (χ1v) is 10.7. The van der Waals surface area contributed by atoms with Crippen LogP contribution in [0.3, 0.4) is 0 Å². The predicted molar refractivity (Wildman–Crippen MR) is 116 cm³/mol. The van der Waals surface area contributed by atoms with Crippen LogP contribution in [0.15, 0.2) is 46.9 Å². The van der Waals surface area contributed by atoms with E-state index in [1.54, 1.807) is 0 Å². The minimum atomic E-state index is -0.876. The summed E-state index contributed by atoms with van der Waals surface area (Å²) in [6, 6.07) is 14.7. The number of hydrogen-bond acceptors (Lipinski definition) is 2. The zero-order chi connectivity index (χ0) is 19.7. The average molecular weight is 441 g/mol. The van der Waals surface area contributed by atoms with Crippen LogP contribution in [0.4, 0.5) is 0 Å². The van der Waals surface area contributed by atoms with Gasteiger partial charge < -0.3 is 15.0 Å². The molecule has 0 amide bonds. The van der Waals surface area contributed by atoms with Crippen molar-refractivity contribution in [1.82, 2.24) is 9.88 Å². The lowest BCUT2D eigenvalue weighted by atomic mass is 10.1. The number of nitrogens with zero attached hydrogens (tertiary/aromatic N) is 1. The number of carboxylic acids is 1. The van der Waals surface area contributed by atoms with Crippen molar-refractivity contribution in [3.05, 3.63) is 69.3 Å². The molecule has 5 heteroatoms. The molecule has 0 radical (unpaired) electrons. The average Bonchev–Trinajstić information content (AvgIpc) is 3.27. The number of aromatic nitrogens is 1. The summed E-state index contributed by atoms with van der Waals surface area (Å²) < 4.78 is 2.89. The number of nitrogens with one attached hydrogen (secondary N) is 1. The Morgan fingerprint density at radius 1 is 1.21 bits per heavy atom. The fraction of sp³-hybridized carbons (Fsp3) is 0.348. The number of hydrogen-bond donors (Lipinski definition) is 2. The Bertz CT molecular complexity index is 1020. The smallest absolute Gasteiger partial charge is 0.352 e. The molecule has 1 aliphatic rings. The highest BCUT2D eigenvalue weighted by Gasteiger charge is 2.25. The lowest BCUT2D eigenvalue weighted by Gasteiger charge is -2.13. The molecular weight excluding hydrogens is 416 g/mol. The van der Waals surface area contributed by atoms with E-state index in [0.29, 0.717) is 24.8 Å². The van der Waals surface area contributed by atoms with Gasteiger partial charge in [0.2, 0.25) is 0 Å². The summed E-state index contributed by atoms with van der Waals surface area (Å²) in [7, 11) is 0. The first-order chi connectivity index (χ1) is 13.5. The van der Waals surface area contributed by atoms with Gasteiger partial charge in [-0.25, -0.2) is 4.79 Å². The summed E-state index contributed by atoms with van der Waals surface area (Å²) in [5.41, 5.74) is 4.49. The standard InChI is InChI=1S/C23H25BrN2O2/c1-15-6-4-7-16(12-15)14-26-20-11-5-10-19(24)21(20)18(22(26)23(27)28)13-25-17-8-2-3-9-17/h4-7,10-12,17,25H,2-3,8-9,13-14H2,1H3,(H,27,28). The summed E-state index contributed by atoms with van der Waals surface area (Å²) in [5, 5.41) is 14.7. The number of aryl methyl sites for hydroxylation is 1. The number of fused-ring (bicyclic) bond motifs is 1. The van der Waals surface area contributed by atoms with Crippen molar-refractivity contribution in [2.75, 3.05) is 0 Å². The van der Waals surface area contributed by atoms with Crippen LogP contribution in [-0.4, -0.2) is 21.7 Å². The molecule has 4 rings (SSSR count). The van der Waals surface area contributed by atoms with E-state index in [2.05, 4.69) is 46.4 Å². The van der Waals surface area contributed by atoms with Gasteiger partial charge >= 0.3 is 5.97 Å². The van der Waals surface area contributed by atoms with E-state index in [1.165, 1.54) is 31.2 Å². The largest absolute Gasteiger partial charge is 0.477 e. The van der Waals surface area contributed by atoms with Crippen molar-refractivity contribution in [3.8, 4) is 0 Å². The van der Waals surface area contributed by atoms with E-state index in [4.69, 9.17) is 0 Å². The van der Waals surface area contributed by atoms with Crippen LogP contribution in [0.1, 0.15) is 52.9 Å². The maximum absolute atomic E-state index is 12.3. The van der Waals surface area contributed by atoms with Crippen LogP contribution in [0.25, 0.3) is 10.9 Å². The van der Waals surface area contributed by atoms with Crippen LogP contribution >= 0.6 is 15.9 Å². The van der Waals surface area contributed by atoms with Crippen LogP contribution in [0.2, 0.25) is 0 Å². The van der Waals surface area contributed by atoms with Gasteiger partial charge in [0.15, 0.2) is 0 Å². The number of carbonyl (C=O) groups is 1.